The molecule has 1 aliphatic carbocycles. The Balaban J connectivity index is 1.31. The van der Waals surface area contributed by atoms with E-state index >= 15 is 0 Å². The molecule has 5 rings (SSSR count). The summed E-state index contributed by atoms with van der Waals surface area (Å²) in [5.74, 6) is 2.44. The quantitative estimate of drug-likeness (QED) is 0.463. The molecule has 0 bridgehead atoms. The smallest absolute Gasteiger partial charge is 0.251 e. The van der Waals surface area contributed by atoms with Crippen LogP contribution in [0.4, 0.5) is 17.5 Å². The second-order valence-electron chi connectivity index (χ2n) is 8.36. The predicted molar refractivity (Wildman–Crippen MR) is 126 cm³/mol. The van der Waals surface area contributed by atoms with E-state index < -0.39 is 0 Å². The lowest BCUT2D eigenvalue weighted by atomic mass is 10.2. The highest BCUT2D eigenvalue weighted by atomic mass is 32.2. The molecule has 9 heteroatoms. The number of aromatic nitrogens is 4. The van der Waals surface area contributed by atoms with Crippen molar-refractivity contribution in [3.63, 3.8) is 0 Å². The molecule has 1 aliphatic heterocycles. The number of hydrogen-bond donors (Lipinski definition) is 3. The lowest BCUT2D eigenvalue weighted by Gasteiger charge is -2.32. The molecule has 166 valence electrons. The van der Waals surface area contributed by atoms with Gasteiger partial charge in [-0.25, -0.2) is 9.97 Å². The molecule has 2 aliphatic rings. The Labute approximate surface area is 191 Å². The Hall–Kier alpha value is -3.07. The summed E-state index contributed by atoms with van der Waals surface area (Å²) in [6.07, 6.45) is 5.75. The zero-order chi connectivity index (χ0) is 21.9. The van der Waals surface area contributed by atoms with Crippen molar-refractivity contribution in [3.05, 3.63) is 47.7 Å². The highest BCUT2D eigenvalue weighted by molar-refractivity contribution is 7.99. The molecule has 3 aromatic rings. The number of amides is 1. The summed E-state index contributed by atoms with van der Waals surface area (Å²) < 4.78 is 0. The third-order valence-corrected chi connectivity index (χ3v) is 6.73. The lowest BCUT2D eigenvalue weighted by Crippen LogP contribution is -2.37. The van der Waals surface area contributed by atoms with E-state index in [0.29, 0.717) is 16.8 Å². The molecule has 3 N–H and O–H groups in total. The van der Waals surface area contributed by atoms with Gasteiger partial charge in [-0.05, 0) is 62.2 Å². The Morgan fingerprint density at radius 1 is 1.09 bits per heavy atom. The zero-order valence-electron chi connectivity index (χ0n) is 18.1. The molecular formula is C23H27N7OS. The number of aromatic amines is 1. The summed E-state index contributed by atoms with van der Waals surface area (Å²) in [7, 11) is 0. The van der Waals surface area contributed by atoms with Crippen molar-refractivity contribution in [2.75, 3.05) is 23.3 Å². The second kappa shape index (κ2) is 9.20. The standard InChI is InChI=1S/C23H27N7OS/c1-15-13-20(29-28-15)25-19-14-21(30-11-4-12-30)27-23(26-19)32-18-9-7-16(8-10-18)22(31)24-17-5-2-3-6-17/h7-10,13-14,17H,2-6,11-12H2,1H3,(H,24,31)(H2,25,26,27,28,29). The molecule has 0 spiro atoms. The van der Waals surface area contributed by atoms with Gasteiger partial charge < -0.3 is 15.5 Å². The van der Waals surface area contributed by atoms with Crippen LogP contribution in [-0.4, -0.2) is 45.2 Å². The van der Waals surface area contributed by atoms with E-state index in [1.165, 1.54) is 31.0 Å². The van der Waals surface area contributed by atoms with Crippen molar-refractivity contribution in [2.45, 2.75) is 55.1 Å². The Bertz CT molecular complexity index is 1090. The van der Waals surface area contributed by atoms with Crippen molar-refractivity contribution >= 4 is 35.1 Å². The van der Waals surface area contributed by atoms with Crippen LogP contribution < -0.4 is 15.5 Å². The van der Waals surface area contributed by atoms with Crippen molar-refractivity contribution in [2.24, 2.45) is 0 Å². The number of benzene rings is 1. The zero-order valence-corrected chi connectivity index (χ0v) is 18.9. The van der Waals surface area contributed by atoms with Gasteiger partial charge >= 0.3 is 0 Å². The first-order valence-corrected chi connectivity index (χ1v) is 12.0. The normalized spacial score (nSPS) is 16.1. The van der Waals surface area contributed by atoms with E-state index in [2.05, 4.69) is 30.7 Å². The molecule has 2 fully saturated rings. The van der Waals surface area contributed by atoms with Gasteiger partial charge in [0.05, 0.1) is 5.69 Å². The molecular weight excluding hydrogens is 422 g/mol. The molecule has 0 unspecified atom stereocenters. The summed E-state index contributed by atoms with van der Waals surface area (Å²) >= 11 is 1.49. The van der Waals surface area contributed by atoms with Crippen LogP contribution in [0, 0.1) is 6.92 Å². The number of carbonyl (C=O) groups excluding carboxylic acids is 1. The third-order valence-electron chi connectivity index (χ3n) is 5.86. The monoisotopic (exact) mass is 449 g/mol. The molecule has 0 atom stereocenters. The van der Waals surface area contributed by atoms with Gasteiger partial charge in [0.15, 0.2) is 5.16 Å². The highest BCUT2D eigenvalue weighted by Crippen LogP contribution is 2.30. The van der Waals surface area contributed by atoms with Crippen LogP contribution in [0.5, 0.6) is 0 Å². The van der Waals surface area contributed by atoms with Crippen LogP contribution in [0.15, 0.2) is 46.5 Å². The van der Waals surface area contributed by atoms with E-state index in [4.69, 9.17) is 4.98 Å². The van der Waals surface area contributed by atoms with Crippen molar-refractivity contribution in [1.82, 2.24) is 25.5 Å². The number of rotatable bonds is 7. The van der Waals surface area contributed by atoms with Crippen LogP contribution in [0.1, 0.15) is 48.2 Å². The van der Waals surface area contributed by atoms with Crippen LogP contribution >= 0.6 is 11.8 Å². The fourth-order valence-electron chi connectivity index (χ4n) is 3.97. The van der Waals surface area contributed by atoms with Gasteiger partial charge in [0.25, 0.3) is 5.91 Å². The molecule has 3 heterocycles. The van der Waals surface area contributed by atoms with E-state index in [-0.39, 0.29) is 5.91 Å². The fraction of sp³-hybridized carbons (Fsp3) is 0.391. The SMILES string of the molecule is Cc1cc(Nc2cc(N3CCC3)nc(Sc3ccc(C(=O)NC4CCCC4)cc3)n2)[nH]n1. The molecule has 1 saturated heterocycles. The van der Waals surface area contributed by atoms with Gasteiger partial charge in [0.2, 0.25) is 0 Å². The highest BCUT2D eigenvalue weighted by Gasteiger charge is 2.20. The Morgan fingerprint density at radius 3 is 2.53 bits per heavy atom. The van der Waals surface area contributed by atoms with Crippen molar-refractivity contribution in [3.8, 4) is 0 Å². The minimum atomic E-state index is 0.00539. The van der Waals surface area contributed by atoms with E-state index in [0.717, 1.165) is 54.0 Å². The van der Waals surface area contributed by atoms with Gasteiger partial charge in [-0.2, -0.15) is 5.10 Å². The molecule has 0 radical (unpaired) electrons. The van der Waals surface area contributed by atoms with Crippen LogP contribution in [-0.2, 0) is 0 Å². The number of nitrogens with zero attached hydrogens (tertiary/aromatic N) is 4. The number of nitrogens with one attached hydrogen (secondary N) is 3. The fourth-order valence-corrected chi connectivity index (χ4v) is 4.74. The maximum atomic E-state index is 12.5. The van der Waals surface area contributed by atoms with Gasteiger partial charge in [0.1, 0.15) is 17.5 Å². The number of aryl methyl sites for hydroxylation is 1. The molecule has 1 amide bonds. The first-order chi connectivity index (χ1) is 15.6. The summed E-state index contributed by atoms with van der Waals surface area (Å²) in [4.78, 5) is 25.2. The maximum absolute atomic E-state index is 12.5. The molecule has 2 aromatic heterocycles. The molecule has 1 saturated carbocycles. The summed E-state index contributed by atoms with van der Waals surface area (Å²) in [5, 5.41) is 14.2. The van der Waals surface area contributed by atoms with E-state index in [1.54, 1.807) is 0 Å². The number of H-pyrrole nitrogens is 1. The van der Waals surface area contributed by atoms with Crippen LogP contribution in [0.2, 0.25) is 0 Å². The summed E-state index contributed by atoms with van der Waals surface area (Å²) in [5.41, 5.74) is 1.60. The number of hydrogen-bond acceptors (Lipinski definition) is 7. The van der Waals surface area contributed by atoms with Gasteiger partial charge in [-0.1, -0.05) is 12.8 Å². The lowest BCUT2D eigenvalue weighted by molar-refractivity contribution is 0.0938. The first kappa shape index (κ1) is 20.8. The summed E-state index contributed by atoms with van der Waals surface area (Å²) in [6.45, 7) is 3.95. The third kappa shape index (κ3) is 4.88. The van der Waals surface area contributed by atoms with E-state index in [1.807, 2.05) is 43.3 Å². The van der Waals surface area contributed by atoms with Crippen LogP contribution in [0.25, 0.3) is 0 Å². The number of carbonyl (C=O) groups is 1. The average Bonchev–Trinajstić information content (AvgIpc) is 3.39. The molecule has 32 heavy (non-hydrogen) atoms. The Kier molecular flexibility index (Phi) is 5.98. The molecule has 1 aromatic carbocycles. The van der Waals surface area contributed by atoms with Gasteiger partial charge in [-0.3, -0.25) is 9.89 Å². The maximum Gasteiger partial charge on any atom is 0.251 e. The Morgan fingerprint density at radius 2 is 1.88 bits per heavy atom. The largest absolute Gasteiger partial charge is 0.356 e. The van der Waals surface area contributed by atoms with E-state index in [9.17, 15) is 4.79 Å². The second-order valence-corrected chi connectivity index (χ2v) is 9.40. The minimum Gasteiger partial charge on any atom is -0.356 e. The van der Waals surface area contributed by atoms with Gasteiger partial charge in [0, 0.05) is 41.7 Å². The van der Waals surface area contributed by atoms with Crippen molar-refractivity contribution in [1.29, 1.82) is 0 Å². The molecule has 8 nitrogen and oxygen atoms in total. The first-order valence-electron chi connectivity index (χ1n) is 11.1. The number of anilines is 3. The topological polar surface area (TPSA) is 98.8 Å². The minimum absolute atomic E-state index is 0.00539. The van der Waals surface area contributed by atoms with Crippen molar-refractivity contribution < 1.29 is 4.79 Å². The summed E-state index contributed by atoms with van der Waals surface area (Å²) in [6, 6.07) is 11.9. The average molecular weight is 450 g/mol. The van der Waals surface area contributed by atoms with Gasteiger partial charge in [-0.15, -0.1) is 0 Å². The predicted octanol–water partition coefficient (Wildman–Crippen LogP) is 4.29. The van der Waals surface area contributed by atoms with Crippen LogP contribution in [0.3, 0.4) is 0 Å².